The first-order chi connectivity index (χ1) is 15.3. The average molecular weight is 442 g/mol. The zero-order valence-corrected chi connectivity index (χ0v) is 17.0. The summed E-state index contributed by atoms with van der Waals surface area (Å²) in [4.78, 5) is 26.4. The predicted molar refractivity (Wildman–Crippen MR) is 111 cm³/mol. The number of aromatic nitrogens is 2. The highest BCUT2D eigenvalue weighted by molar-refractivity contribution is 5.96. The summed E-state index contributed by atoms with van der Waals surface area (Å²) in [5, 5.41) is 7.06. The van der Waals surface area contributed by atoms with Gasteiger partial charge in [-0.15, -0.1) is 0 Å². The molecule has 3 aromatic rings. The van der Waals surface area contributed by atoms with E-state index in [4.69, 9.17) is 0 Å². The molecule has 2 aromatic carbocycles. The zero-order valence-electron chi connectivity index (χ0n) is 17.0. The fourth-order valence-corrected chi connectivity index (χ4v) is 3.68. The lowest BCUT2D eigenvalue weighted by Gasteiger charge is -2.17. The summed E-state index contributed by atoms with van der Waals surface area (Å²) in [6, 6.07) is 16.3. The number of nitrogens with zero attached hydrogens (tertiary/aromatic N) is 3. The first-order valence-corrected chi connectivity index (χ1v) is 10.1. The Morgan fingerprint density at radius 3 is 2.53 bits per heavy atom. The van der Waals surface area contributed by atoms with Gasteiger partial charge in [-0.1, -0.05) is 42.5 Å². The standard InChI is InChI=1S/C23H21F3N4O2/c24-23(25,26)19-8-4-7-17(11-19)13-29-15-18(12-21(29)31)22(32)27-20-9-10-30(28-20)14-16-5-2-1-3-6-16/h1-11,18H,12-15H2,(H,27,28,32). The van der Waals surface area contributed by atoms with E-state index in [1.54, 1.807) is 16.9 Å². The smallest absolute Gasteiger partial charge is 0.338 e. The number of amides is 2. The molecule has 32 heavy (non-hydrogen) atoms. The van der Waals surface area contributed by atoms with Crippen LogP contribution in [-0.4, -0.2) is 33.0 Å². The highest BCUT2D eigenvalue weighted by Crippen LogP contribution is 2.30. The van der Waals surface area contributed by atoms with Crippen LogP contribution < -0.4 is 5.32 Å². The normalized spacial score (nSPS) is 16.4. The Hall–Kier alpha value is -3.62. The number of benzene rings is 2. The molecule has 2 amide bonds. The molecular weight excluding hydrogens is 421 g/mol. The number of halogens is 3. The molecule has 1 aliphatic heterocycles. The molecule has 1 aliphatic rings. The van der Waals surface area contributed by atoms with Crippen LogP contribution in [0.3, 0.4) is 0 Å². The van der Waals surface area contributed by atoms with Gasteiger partial charge in [0.2, 0.25) is 11.8 Å². The van der Waals surface area contributed by atoms with E-state index in [9.17, 15) is 22.8 Å². The second-order valence-electron chi connectivity index (χ2n) is 7.75. The molecule has 1 atom stereocenters. The van der Waals surface area contributed by atoms with E-state index in [1.165, 1.54) is 17.0 Å². The summed E-state index contributed by atoms with van der Waals surface area (Å²) in [6.07, 6.45) is -2.69. The maximum Gasteiger partial charge on any atom is 0.416 e. The average Bonchev–Trinajstić information content (AvgIpc) is 3.35. The minimum atomic E-state index is -4.45. The van der Waals surface area contributed by atoms with Gasteiger partial charge in [0.25, 0.3) is 0 Å². The van der Waals surface area contributed by atoms with Crippen molar-refractivity contribution in [2.45, 2.75) is 25.7 Å². The molecule has 2 heterocycles. The third-order valence-electron chi connectivity index (χ3n) is 5.29. The lowest BCUT2D eigenvalue weighted by Crippen LogP contribution is -2.28. The number of hydrogen-bond acceptors (Lipinski definition) is 3. The molecule has 1 fully saturated rings. The largest absolute Gasteiger partial charge is 0.416 e. The number of rotatable bonds is 6. The SMILES string of the molecule is O=C(Nc1ccn(Cc2ccccc2)n1)C1CC(=O)N(Cc2cccc(C(F)(F)F)c2)C1. The summed E-state index contributed by atoms with van der Waals surface area (Å²) in [5.74, 6) is -0.811. The Morgan fingerprint density at radius 1 is 1.03 bits per heavy atom. The number of nitrogens with one attached hydrogen (secondary N) is 1. The van der Waals surface area contributed by atoms with Gasteiger partial charge in [-0.25, -0.2) is 0 Å². The van der Waals surface area contributed by atoms with Crippen molar-refractivity contribution in [3.05, 3.63) is 83.6 Å². The molecule has 0 aliphatic carbocycles. The maximum atomic E-state index is 12.9. The number of hydrogen-bond donors (Lipinski definition) is 1. The maximum absolute atomic E-state index is 12.9. The second kappa shape index (κ2) is 8.86. The van der Waals surface area contributed by atoms with Gasteiger partial charge in [0.15, 0.2) is 5.82 Å². The zero-order chi connectivity index (χ0) is 22.7. The van der Waals surface area contributed by atoms with Crippen LogP contribution in [0, 0.1) is 5.92 Å². The van der Waals surface area contributed by atoms with Crippen molar-refractivity contribution in [3.63, 3.8) is 0 Å². The van der Waals surface area contributed by atoms with Gasteiger partial charge < -0.3 is 10.2 Å². The van der Waals surface area contributed by atoms with Gasteiger partial charge in [0.05, 0.1) is 18.0 Å². The Morgan fingerprint density at radius 2 is 1.78 bits per heavy atom. The molecule has 0 saturated carbocycles. The monoisotopic (exact) mass is 442 g/mol. The third-order valence-corrected chi connectivity index (χ3v) is 5.29. The number of alkyl halides is 3. The summed E-state index contributed by atoms with van der Waals surface area (Å²) in [5.41, 5.74) is 0.677. The van der Waals surface area contributed by atoms with E-state index in [1.807, 2.05) is 30.3 Å². The van der Waals surface area contributed by atoms with Crippen molar-refractivity contribution in [3.8, 4) is 0 Å². The van der Waals surface area contributed by atoms with Gasteiger partial charge in [-0.05, 0) is 23.3 Å². The summed E-state index contributed by atoms with van der Waals surface area (Å²) >= 11 is 0. The Kier molecular flexibility index (Phi) is 5.98. The van der Waals surface area contributed by atoms with Gasteiger partial charge in [-0.2, -0.15) is 18.3 Å². The van der Waals surface area contributed by atoms with Crippen molar-refractivity contribution in [1.29, 1.82) is 0 Å². The Labute approximate surface area is 182 Å². The second-order valence-corrected chi connectivity index (χ2v) is 7.75. The van der Waals surface area contributed by atoms with Crippen LogP contribution in [0.1, 0.15) is 23.1 Å². The minimum Gasteiger partial charge on any atom is -0.338 e. The molecule has 0 spiro atoms. The Balaban J connectivity index is 1.34. The van der Waals surface area contributed by atoms with Crippen molar-refractivity contribution in [2.75, 3.05) is 11.9 Å². The Bertz CT molecular complexity index is 1110. The van der Waals surface area contributed by atoms with Crippen LogP contribution in [0.2, 0.25) is 0 Å². The predicted octanol–water partition coefficient (Wildman–Crippen LogP) is 3.94. The number of anilines is 1. The number of carbonyl (C=O) groups excluding carboxylic acids is 2. The van der Waals surface area contributed by atoms with Gasteiger partial charge in [-0.3, -0.25) is 14.3 Å². The minimum absolute atomic E-state index is 0.00944. The van der Waals surface area contributed by atoms with E-state index in [0.717, 1.165) is 17.7 Å². The van der Waals surface area contributed by atoms with Crippen molar-refractivity contribution in [2.24, 2.45) is 5.92 Å². The molecule has 0 bridgehead atoms. The lowest BCUT2D eigenvalue weighted by atomic mass is 10.1. The highest BCUT2D eigenvalue weighted by atomic mass is 19.4. The highest BCUT2D eigenvalue weighted by Gasteiger charge is 2.35. The van der Waals surface area contributed by atoms with Crippen molar-refractivity contribution >= 4 is 17.6 Å². The van der Waals surface area contributed by atoms with Crippen molar-refractivity contribution < 1.29 is 22.8 Å². The van der Waals surface area contributed by atoms with E-state index < -0.39 is 17.7 Å². The van der Waals surface area contributed by atoms with Crippen LogP contribution in [0.4, 0.5) is 19.0 Å². The third kappa shape index (κ3) is 5.16. The van der Waals surface area contributed by atoms with Crippen LogP contribution in [0.25, 0.3) is 0 Å². The molecule has 4 rings (SSSR count). The van der Waals surface area contributed by atoms with E-state index in [0.29, 0.717) is 17.9 Å². The van der Waals surface area contributed by atoms with E-state index in [2.05, 4.69) is 10.4 Å². The molecular formula is C23H21F3N4O2. The molecule has 0 radical (unpaired) electrons. The first kappa shape index (κ1) is 21.6. The first-order valence-electron chi connectivity index (χ1n) is 10.1. The molecule has 1 unspecified atom stereocenters. The van der Waals surface area contributed by atoms with Crippen LogP contribution in [0.5, 0.6) is 0 Å². The fraction of sp³-hybridized carbons (Fsp3) is 0.261. The van der Waals surface area contributed by atoms with Gasteiger partial charge >= 0.3 is 6.18 Å². The fourth-order valence-electron chi connectivity index (χ4n) is 3.68. The van der Waals surface area contributed by atoms with E-state index >= 15 is 0 Å². The molecule has 1 aromatic heterocycles. The molecule has 6 nitrogen and oxygen atoms in total. The van der Waals surface area contributed by atoms with E-state index in [-0.39, 0.29) is 31.3 Å². The molecule has 9 heteroatoms. The quantitative estimate of drug-likeness (QED) is 0.629. The number of carbonyl (C=O) groups is 2. The summed E-state index contributed by atoms with van der Waals surface area (Å²) < 4.78 is 40.4. The molecule has 166 valence electrons. The van der Waals surface area contributed by atoms with Crippen LogP contribution >= 0.6 is 0 Å². The lowest BCUT2D eigenvalue weighted by molar-refractivity contribution is -0.137. The number of likely N-dealkylation sites (tertiary alicyclic amines) is 1. The molecule has 1 N–H and O–H groups in total. The van der Waals surface area contributed by atoms with Gasteiger partial charge in [0.1, 0.15) is 0 Å². The van der Waals surface area contributed by atoms with Crippen molar-refractivity contribution in [1.82, 2.24) is 14.7 Å². The van der Waals surface area contributed by atoms with Crippen LogP contribution in [0.15, 0.2) is 66.9 Å². The molecule has 1 saturated heterocycles. The van der Waals surface area contributed by atoms with Crippen LogP contribution in [-0.2, 0) is 28.9 Å². The topological polar surface area (TPSA) is 67.2 Å². The summed E-state index contributed by atoms with van der Waals surface area (Å²) in [6.45, 7) is 0.729. The summed E-state index contributed by atoms with van der Waals surface area (Å²) in [7, 11) is 0. The van der Waals surface area contributed by atoms with Gasteiger partial charge in [0, 0.05) is 31.8 Å².